The number of alkyl halides is 2. The number of aliphatic hydroxyl groups is 1. The molecule has 0 aliphatic heterocycles. The van der Waals surface area contributed by atoms with Crippen molar-refractivity contribution in [1.82, 2.24) is 4.98 Å². The number of pyridine rings is 1. The van der Waals surface area contributed by atoms with E-state index in [2.05, 4.69) is 10.3 Å². The topological polar surface area (TPSA) is 112 Å². The van der Waals surface area contributed by atoms with Crippen LogP contribution in [0.25, 0.3) is 11.6 Å². The van der Waals surface area contributed by atoms with E-state index in [9.17, 15) is 18.7 Å². The molecule has 6 nitrogen and oxygen atoms in total. The van der Waals surface area contributed by atoms with Gasteiger partial charge >= 0.3 is 5.92 Å². The summed E-state index contributed by atoms with van der Waals surface area (Å²) in [5, 5.41) is 19.6. The zero-order valence-electron chi connectivity index (χ0n) is 16.0. The number of hydrogen-bond donors (Lipinski definition) is 4. The van der Waals surface area contributed by atoms with Crippen LogP contribution in [-0.2, 0) is 10.7 Å². The number of aromatic nitrogens is 1. The first-order valence-corrected chi connectivity index (χ1v) is 8.66. The summed E-state index contributed by atoms with van der Waals surface area (Å²) < 4.78 is 28.3. The second-order valence-corrected chi connectivity index (χ2v) is 6.76. The Morgan fingerprint density at radius 2 is 1.90 bits per heavy atom. The van der Waals surface area contributed by atoms with Crippen LogP contribution >= 0.6 is 0 Å². The molecular formula is C21H22F2N4O2. The molecule has 0 bridgehead atoms. The van der Waals surface area contributed by atoms with Crippen LogP contribution in [0.15, 0.2) is 55.0 Å². The van der Waals surface area contributed by atoms with E-state index in [0.29, 0.717) is 22.4 Å². The van der Waals surface area contributed by atoms with Gasteiger partial charge in [0.15, 0.2) is 0 Å². The SMILES string of the molecule is CC(C)(O)C(F)(F)c1ccc(NC(=O)/C=C/c2cnccc2/C(C=N)=C/N)cc1. The third-order valence-electron chi connectivity index (χ3n) is 4.20. The van der Waals surface area contributed by atoms with Gasteiger partial charge in [0.1, 0.15) is 5.60 Å². The number of rotatable bonds is 7. The van der Waals surface area contributed by atoms with Crippen LogP contribution in [0.3, 0.4) is 0 Å². The summed E-state index contributed by atoms with van der Waals surface area (Å²) in [6.07, 6.45) is 8.23. The number of carbonyl (C=O) groups excluding carboxylic acids is 1. The average molecular weight is 400 g/mol. The molecule has 0 spiro atoms. The van der Waals surface area contributed by atoms with E-state index in [1.54, 1.807) is 12.3 Å². The molecule has 8 heteroatoms. The van der Waals surface area contributed by atoms with Crippen LogP contribution < -0.4 is 11.1 Å². The quantitative estimate of drug-likeness (QED) is 0.421. The lowest BCUT2D eigenvalue weighted by molar-refractivity contribution is -0.168. The summed E-state index contributed by atoms with van der Waals surface area (Å²) in [6, 6.07) is 6.64. The van der Waals surface area contributed by atoms with Crippen molar-refractivity contribution >= 4 is 29.5 Å². The number of carbonyl (C=O) groups is 1. The predicted octanol–water partition coefficient (Wildman–Crippen LogP) is 3.55. The van der Waals surface area contributed by atoms with E-state index >= 15 is 0 Å². The third-order valence-corrected chi connectivity index (χ3v) is 4.20. The maximum atomic E-state index is 14.1. The lowest BCUT2D eigenvalue weighted by atomic mass is 9.93. The molecule has 0 saturated heterocycles. The molecule has 2 aromatic rings. The fourth-order valence-electron chi connectivity index (χ4n) is 2.48. The Morgan fingerprint density at radius 1 is 1.24 bits per heavy atom. The highest BCUT2D eigenvalue weighted by molar-refractivity contribution is 6.10. The van der Waals surface area contributed by atoms with Crippen LogP contribution in [0.1, 0.15) is 30.5 Å². The largest absolute Gasteiger partial charge is 0.404 e. The number of anilines is 1. The Morgan fingerprint density at radius 3 is 2.45 bits per heavy atom. The van der Waals surface area contributed by atoms with Gasteiger partial charge in [0.05, 0.1) is 0 Å². The Bertz CT molecular complexity index is 946. The summed E-state index contributed by atoms with van der Waals surface area (Å²) in [5.41, 5.74) is 4.95. The molecule has 2 rings (SSSR count). The number of hydrogen-bond acceptors (Lipinski definition) is 5. The first-order chi connectivity index (χ1) is 13.6. The summed E-state index contributed by atoms with van der Waals surface area (Å²) >= 11 is 0. The normalized spacial score (nSPS) is 12.8. The van der Waals surface area contributed by atoms with Crippen LogP contribution in [0.4, 0.5) is 14.5 Å². The highest BCUT2D eigenvalue weighted by atomic mass is 19.3. The summed E-state index contributed by atoms with van der Waals surface area (Å²) in [7, 11) is 0. The lowest BCUT2D eigenvalue weighted by Gasteiger charge is -2.29. The molecule has 0 saturated carbocycles. The zero-order chi connectivity index (χ0) is 21.7. The highest BCUT2D eigenvalue weighted by Crippen LogP contribution is 2.38. The van der Waals surface area contributed by atoms with Crippen LogP contribution in [0.2, 0.25) is 0 Å². The molecule has 1 aromatic heterocycles. The van der Waals surface area contributed by atoms with Crippen molar-refractivity contribution in [3.05, 3.63) is 71.7 Å². The monoisotopic (exact) mass is 400 g/mol. The molecule has 0 atom stereocenters. The fourth-order valence-corrected chi connectivity index (χ4v) is 2.48. The van der Waals surface area contributed by atoms with E-state index in [0.717, 1.165) is 32.2 Å². The second kappa shape index (κ2) is 8.74. The minimum absolute atomic E-state index is 0.323. The van der Waals surface area contributed by atoms with Crippen molar-refractivity contribution in [2.75, 3.05) is 5.32 Å². The highest BCUT2D eigenvalue weighted by Gasteiger charge is 2.46. The van der Waals surface area contributed by atoms with Crippen molar-refractivity contribution in [2.45, 2.75) is 25.4 Å². The average Bonchev–Trinajstić information content (AvgIpc) is 2.68. The number of nitrogens with zero attached hydrogens (tertiary/aromatic N) is 1. The molecule has 0 radical (unpaired) electrons. The van der Waals surface area contributed by atoms with Gasteiger partial charge in [0, 0.05) is 53.3 Å². The summed E-state index contributed by atoms with van der Waals surface area (Å²) in [5.74, 6) is -3.91. The van der Waals surface area contributed by atoms with Crippen molar-refractivity contribution in [1.29, 1.82) is 5.41 Å². The molecule has 1 aromatic carbocycles. The molecule has 0 unspecified atom stereocenters. The van der Waals surface area contributed by atoms with E-state index in [4.69, 9.17) is 11.1 Å². The van der Waals surface area contributed by atoms with E-state index in [1.165, 1.54) is 36.7 Å². The Labute approximate surface area is 167 Å². The standard InChI is InChI=1S/C21H22F2N4O2/c1-20(2,29)21(22,23)16-4-6-17(7-5-16)27-19(28)8-3-14-13-26-10-9-18(14)15(11-24)12-25/h3-13,24,29H,25H2,1-2H3,(H,27,28)/b8-3+,15-12+,24-11?. The van der Waals surface area contributed by atoms with Gasteiger partial charge in [-0.3, -0.25) is 9.78 Å². The predicted molar refractivity (Wildman–Crippen MR) is 109 cm³/mol. The van der Waals surface area contributed by atoms with Crippen molar-refractivity contribution in [3.63, 3.8) is 0 Å². The Kier molecular flexibility index (Phi) is 6.60. The Balaban J connectivity index is 2.14. The number of allylic oxidation sites excluding steroid dienone is 1. The van der Waals surface area contributed by atoms with Gasteiger partial charge in [-0.1, -0.05) is 12.1 Å². The molecule has 0 aliphatic rings. The van der Waals surface area contributed by atoms with Gasteiger partial charge in [-0.15, -0.1) is 0 Å². The van der Waals surface area contributed by atoms with Gasteiger partial charge in [-0.25, -0.2) is 0 Å². The smallest absolute Gasteiger partial charge is 0.300 e. The third kappa shape index (κ3) is 5.11. The van der Waals surface area contributed by atoms with E-state index < -0.39 is 17.4 Å². The van der Waals surface area contributed by atoms with Crippen molar-refractivity contribution in [2.24, 2.45) is 5.73 Å². The minimum atomic E-state index is -3.44. The van der Waals surface area contributed by atoms with Crippen molar-refractivity contribution in [3.8, 4) is 0 Å². The summed E-state index contributed by atoms with van der Waals surface area (Å²) in [6.45, 7) is 2.06. The van der Waals surface area contributed by atoms with E-state index in [1.807, 2.05) is 0 Å². The number of nitrogens with one attached hydrogen (secondary N) is 2. The van der Waals surface area contributed by atoms with Gasteiger partial charge in [0.2, 0.25) is 5.91 Å². The van der Waals surface area contributed by atoms with Gasteiger partial charge < -0.3 is 21.6 Å². The van der Waals surface area contributed by atoms with Crippen LogP contribution in [-0.4, -0.2) is 27.8 Å². The summed E-state index contributed by atoms with van der Waals surface area (Å²) in [4.78, 5) is 16.1. The Hall–Kier alpha value is -3.39. The first kappa shape index (κ1) is 21.9. The van der Waals surface area contributed by atoms with Crippen molar-refractivity contribution < 1.29 is 18.7 Å². The molecule has 152 valence electrons. The maximum Gasteiger partial charge on any atom is 0.300 e. The van der Waals surface area contributed by atoms with Crippen LogP contribution in [0, 0.1) is 5.41 Å². The molecule has 0 fully saturated rings. The number of benzene rings is 1. The molecule has 1 heterocycles. The van der Waals surface area contributed by atoms with Gasteiger partial charge in [-0.2, -0.15) is 8.78 Å². The second-order valence-electron chi connectivity index (χ2n) is 6.76. The lowest BCUT2D eigenvalue weighted by Crippen LogP contribution is -2.40. The number of nitrogens with two attached hydrogens (primary N) is 1. The first-order valence-electron chi connectivity index (χ1n) is 8.66. The molecule has 5 N–H and O–H groups in total. The van der Waals surface area contributed by atoms with E-state index in [-0.39, 0.29) is 5.56 Å². The van der Waals surface area contributed by atoms with Gasteiger partial charge in [-0.05, 0) is 43.7 Å². The molecule has 29 heavy (non-hydrogen) atoms. The molecule has 1 amide bonds. The number of halogens is 2. The molecule has 0 aliphatic carbocycles. The number of amides is 1. The fraction of sp³-hybridized carbons (Fsp3) is 0.190. The maximum absolute atomic E-state index is 14.1. The van der Waals surface area contributed by atoms with Gasteiger partial charge in [0.25, 0.3) is 0 Å². The van der Waals surface area contributed by atoms with Crippen LogP contribution in [0.5, 0.6) is 0 Å². The zero-order valence-corrected chi connectivity index (χ0v) is 16.0. The minimum Gasteiger partial charge on any atom is -0.404 e. The molecular weight excluding hydrogens is 378 g/mol.